The summed E-state index contributed by atoms with van der Waals surface area (Å²) in [4.78, 5) is 11.7. The van der Waals surface area contributed by atoms with Crippen LogP contribution in [0.5, 0.6) is 23.0 Å². The Morgan fingerprint density at radius 2 is 1.46 bits per heavy atom. The molecule has 2 N–H and O–H groups in total. The van der Waals surface area contributed by atoms with Gasteiger partial charge in [0.05, 0.1) is 14.2 Å². The Balaban J connectivity index is 1.87. The summed E-state index contributed by atoms with van der Waals surface area (Å²) in [6.45, 7) is 0.102. The quantitative estimate of drug-likeness (QED) is 0.584. The zero-order valence-corrected chi connectivity index (χ0v) is 14.5. The van der Waals surface area contributed by atoms with Crippen molar-refractivity contribution < 1.29 is 29.2 Å². The SMILES string of the molecule is COc1cc(/C=C\C(=O)OC/C=C/c2ccc(O)c(OC)c2)ccc1O. The van der Waals surface area contributed by atoms with Crippen LogP contribution in [-0.2, 0) is 9.53 Å². The molecule has 0 fully saturated rings. The molecule has 0 radical (unpaired) electrons. The zero-order valence-electron chi connectivity index (χ0n) is 14.5. The normalized spacial score (nSPS) is 11.0. The maximum Gasteiger partial charge on any atom is 0.331 e. The van der Waals surface area contributed by atoms with Crippen molar-refractivity contribution in [3.63, 3.8) is 0 Å². The van der Waals surface area contributed by atoms with E-state index in [9.17, 15) is 15.0 Å². The summed E-state index contributed by atoms with van der Waals surface area (Å²) in [7, 11) is 2.92. The smallest absolute Gasteiger partial charge is 0.331 e. The lowest BCUT2D eigenvalue weighted by Crippen LogP contribution is -1.99. The van der Waals surface area contributed by atoms with Gasteiger partial charge in [-0.25, -0.2) is 4.79 Å². The highest BCUT2D eigenvalue weighted by atomic mass is 16.5. The molecule has 0 spiro atoms. The van der Waals surface area contributed by atoms with Crippen LogP contribution in [-0.4, -0.2) is 37.0 Å². The van der Waals surface area contributed by atoms with E-state index in [-0.39, 0.29) is 18.1 Å². The largest absolute Gasteiger partial charge is 0.504 e. The summed E-state index contributed by atoms with van der Waals surface area (Å²) in [5.74, 6) is 0.296. The molecule has 0 aliphatic carbocycles. The predicted octanol–water partition coefficient (Wildman–Crippen LogP) is 3.38. The van der Waals surface area contributed by atoms with Gasteiger partial charge in [-0.1, -0.05) is 18.2 Å². The Morgan fingerprint density at radius 1 is 0.923 bits per heavy atom. The molecule has 0 aliphatic heterocycles. The van der Waals surface area contributed by atoms with Crippen LogP contribution >= 0.6 is 0 Å². The molecule has 136 valence electrons. The van der Waals surface area contributed by atoms with Gasteiger partial charge in [-0.2, -0.15) is 0 Å². The van der Waals surface area contributed by atoms with E-state index in [2.05, 4.69) is 0 Å². The number of esters is 1. The van der Waals surface area contributed by atoms with Crippen LogP contribution in [0.3, 0.4) is 0 Å². The third-order valence-corrected chi connectivity index (χ3v) is 3.45. The fourth-order valence-corrected chi connectivity index (χ4v) is 2.12. The molecule has 0 saturated heterocycles. The Bertz CT molecular complexity index is 823. The molecule has 6 nitrogen and oxygen atoms in total. The third-order valence-electron chi connectivity index (χ3n) is 3.45. The molecule has 2 rings (SSSR count). The lowest BCUT2D eigenvalue weighted by Gasteiger charge is -2.04. The average molecular weight is 356 g/mol. The van der Waals surface area contributed by atoms with Gasteiger partial charge in [0.25, 0.3) is 0 Å². The maximum atomic E-state index is 11.7. The fraction of sp³-hybridized carbons (Fsp3) is 0.150. The minimum atomic E-state index is -0.495. The molecule has 0 heterocycles. The van der Waals surface area contributed by atoms with Gasteiger partial charge in [0.15, 0.2) is 23.0 Å². The number of methoxy groups -OCH3 is 2. The number of rotatable bonds is 7. The van der Waals surface area contributed by atoms with Crippen molar-refractivity contribution in [3.05, 3.63) is 59.7 Å². The van der Waals surface area contributed by atoms with Crippen LogP contribution < -0.4 is 9.47 Å². The van der Waals surface area contributed by atoms with E-state index in [4.69, 9.17) is 14.2 Å². The summed E-state index contributed by atoms with van der Waals surface area (Å²) in [6, 6.07) is 9.66. The number of carbonyl (C=O) groups excluding carboxylic acids is 1. The van der Waals surface area contributed by atoms with Crippen LogP contribution in [0.15, 0.2) is 48.6 Å². The molecular weight excluding hydrogens is 336 g/mol. The number of ether oxygens (including phenoxy) is 3. The fourth-order valence-electron chi connectivity index (χ4n) is 2.12. The van der Waals surface area contributed by atoms with Crippen molar-refractivity contribution in [1.29, 1.82) is 0 Å². The molecule has 0 unspecified atom stereocenters. The van der Waals surface area contributed by atoms with E-state index in [1.165, 1.54) is 32.4 Å². The summed E-state index contributed by atoms with van der Waals surface area (Å²) in [5.41, 5.74) is 1.51. The Kier molecular flexibility index (Phi) is 6.68. The van der Waals surface area contributed by atoms with Crippen LogP contribution in [0, 0.1) is 0 Å². The summed E-state index contributed by atoms with van der Waals surface area (Å²) in [5, 5.41) is 19.1. The number of carbonyl (C=O) groups is 1. The molecule has 0 aliphatic rings. The zero-order chi connectivity index (χ0) is 18.9. The van der Waals surface area contributed by atoms with Crippen molar-refractivity contribution in [3.8, 4) is 23.0 Å². The molecule has 0 saturated carbocycles. The van der Waals surface area contributed by atoms with Gasteiger partial charge in [-0.3, -0.25) is 0 Å². The lowest BCUT2D eigenvalue weighted by atomic mass is 10.2. The second-order valence-corrected chi connectivity index (χ2v) is 5.23. The second-order valence-electron chi connectivity index (χ2n) is 5.23. The predicted molar refractivity (Wildman–Crippen MR) is 98.3 cm³/mol. The van der Waals surface area contributed by atoms with Gasteiger partial charge in [0, 0.05) is 6.08 Å². The van der Waals surface area contributed by atoms with Crippen molar-refractivity contribution >= 4 is 18.1 Å². The van der Waals surface area contributed by atoms with Gasteiger partial charge in [-0.15, -0.1) is 0 Å². The first kappa shape index (κ1) is 18.9. The third kappa shape index (κ3) is 5.31. The van der Waals surface area contributed by atoms with Crippen molar-refractivity contribution in [2.24, 2.45) is 0 Å². The second kappa shape index (κ2) is 9.17. The highest BCUT2D eigenvalue weighted by Gasteiger charge is 2.02. The molecule has 0 bridgehead atoms. The van der Waals surface area contributed by atoms with Crippen molar-refractivity contribution in [2.75, 3.05) is 20.8 Å². The van der Waals surface area contributed by atoms with E-state index in [1.807, 2.05) is 0 Å². The first-order valence-corrected chi connectivity index (χ1v) is 7.79. The first-order valence-electron chi connectivity index (χ1n) is 7.79. The molecular formula is C20H20O6. The summed E-state index contributed by atoms with van der Waals surface area (Å²) < 4.78 is 15.1. The standard InChI is InChI=1S/C20H20O6/c1-24-18-12-14(5-8-16(18)21)4-3-11-26-20(23)10-7-15-6-9-17(22)19(13-15)25-2/h3-10,12-13,21-22H,11H2,1-2H3/b4-3+,10-7-. The van der Waals surface area contributed by atoms with Gasteiger partial charge in [-0.05, 0) is 47.5 Å². The first-order chi connectivity index (χ1) is 12.5. The number of hydrogen-bond acceptors (Lipinski definition) is 6. The van der Waals surface area contributed by atoms with Crippen LogP contribution in [0.1, 0.15) is 11.1 Å². The van der Waals surface area contributed by atoms with E-state index < -0.39 is 5.97 Å². The van der Waals surface area contributed by atoms with Gasteiger partial charge < -0.3 is 24.4 Å². The summed E-state index contributed by atoms with van der Waals surface area (Å²) in [6.07, 6.45) is 6.30. The number of phenols is 2. The van der Waals surface area contributed by atoms with Gasteiger partial charge in [0.1, 0.15) is 6.61 Å². The number of benzene rings is 2. The van der Waals surface area contributed by atoms with Crippen LogP contribution in [0.25, 0.3) is 12.2 Å². The number of phenolic OH excluding ortho intramolecular Hbond substituents is 2. The minimum Gasteiger partial charge on any atom is -0.504 e. The van der Waals surface area contributed by atoms with E-state index in [0.717, 1.165) is 5.56 Å². The van der Waals surface area contributed by atoms with E-state index >= 15 is 0 Å². The maximum absolute atomic E-state index is 11.7. The molecule has 0 aromatic heterocycles. The monoisotopic (exact) mass is 356 g/mol. The molecule has 6 heteroatoms. The molecule has 0 atom stereocenters. The molecule has 2 aromatic rings. The lowest BCUT2D eigenvalue weighted by molar-refractivity contribution is -0.136. The van der Waals surface area contributed by atoms with Gasteiger partial charge >= 0.3 is 5.97 Å². The molecule has 26 heavy (non-hydrogen) atoms. The Labute approximate surface area is 151 Å². The minimum absolute atomic E-state index is 0.0308. The highest BCUT2D eigenvalue weighted by molar-refractivity contribution is 5.87. The highest BCUT2D eigenvalue weighted by Crippen LogP contribution is 2.27. The average Bonchev–Trinajstić information content (AvgIpc) is 2.65. The topological polar surface area (TPSA) is 85.2 Å². The number of aromatic hydroxyl groups is 2. The van der Waals surface area contributed by atoms with Crippen LogP contribution in [0.2, 0.25) is 0 Å². The van der Waals surface area contributed by atoms with Crippen LogP contribution in [0.4, 0.5) is 0 Å². The van der Waals surface area contributed by atoms with E-state index in [1.54, 1.807) is 42.5 Å². The molecule has 0 amide bonds. The Hall–Kier alpha value is -3.41. The van der Waals surface area contributed by atoms with Crippen molar-refractivity contribution in [2.45, 2.75) is 0 Å². The summed E-state index contributed by atoms with van der Waals surface area (Å²) >= 11 is 0. The van der Waals surface area contributed by atoms with Gasteiger partial charge in [0.2, 0.25) is 0 Å². The van der Waals surface area contributed by atoms with Crippen molar-refractivity contribution in [1.82, 2.24) is 0 Å². The number of hydrogen-bond donors (Lipinski definition) is 2. The molecule has 2 aromatic carbocycles. The Morgan fingerprint density at radius 3 is 2.00 bits per heavy atom. The van der Waals surface area contributed by atoms with E-state index in [0.29, 0.717) is 17.1 Å².